The van der Waals surface area contributed by atoms with Crippen LogP contribution in [0.1, 0.15) is 36.2 Å². The maximum atomic E-state index is 14.0. The van der Waals surface area contributed by atoms with Crippen LogP contribution in [0.5, 0.6) is 0 Å². The monoisotopic (exact) mass is 455 g/mol. The highest BCUT2D eigenvalue weighted by molar-refractivity contribution is 5.93. The third-order valence-electron chi connectivity index (χ3n) is 5.95. The Balaban J connectivity index is 1.57. The van der Waals surface area contributed by atoms with Crippen molar-refractivity contribution in [2.75, 3.05) is 6.54 Å². The molecule has 0 bridgehead atoms. The lowest BCUT2D eigenvalue weighted by Crippen LogP contribution is -2.62. The summed E-state index contributed by atoms with van der Waals surface area (Å²) in [5.74, 6) is -5.19. The maximum absolute atomic E-state index is 14.0. The van der Waals surface area contributed by atoms with Crippen molar-refractivity contribution >= 4 is 11.9 Å². The van der Waals surface area contributed by atoms with Crippen molar-refractivity contribution in [2.45, 2.75) is 44.3 Å². The molecule has 32 heavy (non-hydrogen) atoms. The molecule has 2 aromatic rings. The van der Waals surface area contributed by atoms with Crippen molar-refractivity contribution in [2.24, 2.45) is 11.8 Å². The zero-order chi connectivity index (χ0) is 23.0. The van der Waals surface area contributed by atoms with Crippen LogP contribution in [0, 0.1) is 23.5 Å². The lowest BCUT2D eigenvalue weighted by Gasteiger charge is -2.44. The molecular formula is C21H21F4N3O4. The number of nitrogens with zero attached hydrogens (tertiary/aromatic N) is 2. The van der Waals surface area contributed by atoms with E-state index in [0.29, 0.717) is 25.3 Å². The molecule has 2 aliphatic rings. The quantitative estimate of drug-likeness (QED) is 0.621. The summed E-state index contributed by atoms with van der Waals surface area (Å²) in [7, 11) is 0. The number of carboxylic acids is 1. The molecule has 172 valence electrons. The number of carbonyl (C=O) groups excluding carboxylic acids is 1. The zero-order valence-corrected chi connectivity index (χ0v) is 16.8. The molecule has 2 fully saturated rings. The molecule has 1 amide bonds. The molecule has 1 saturated heterocycles. The van der Waals surface area contributed by atoms with E-state index in [4.69, 9.17) is 4.52 Å². The number of amides is 1. The van der Waals surface area contributed by atoms with E-state index in [1.807, 2.05) is 0 Å². The first-order chi connectivity index (χ1) is 15.3. The molecule has 1 aliphatic carbocycles. The molecule has 1 aromatic heterocycles. The van der Waals surface area contributed by atoms with Crippen LogP contribution in [0.2, 0.25) is 0 Å². The Hall–Kier alpha value is -2.95. The van der Waals surface area contributed by atoms with Gasteiger partial charge in [-0.2, -0.15) is 0 Å². The summed E-state index contributed by atoms with van der Waals surface area (Å²) in [5, 5.41) is 15.7. The summed E-state index contributed by atoms with van der Waals surface area (Å²) in [6.07, 6.45) is -1.95. The SMILES string of the molecule is O=C(NC1[C@@H](C(=O)O)CCCN1C(C(F)F)C1CC1)c1cc(-c2ccc(F)cc2F)on1. The van der Waals surface area contributed by atoms with E-state index >= 15 is 0 Å². The highest BCUT2D eigenvalue weighted by Gasteiger charge is 2.48. The van der Waals surface area contributed by atoms with Gasteiger partial charge in [0.2, 0.25) is 0 Å². The number of alkyl halides is 2. The third-order valence-corrected chi connectivity index (χ3v) is 5.95. The van der Waals surface area contributed by atoms with Gasteiger partial charge in [0, 0.05) is 18.7 Å². The molecule has 0 radical (unpaired) electrons. The number of aromatic nitrogens is 1. The van der Waals surface area contributed by atoms with Gasteiger partial charge in [-0.1, -0.05) is 5.16 Å². The largest absolute Gasteiger partial charge is 0.481 e. The minimum absolute atomic E-state index is 0.118. The van der Waals surface area contributed by atoms with Gasteiger partial charge in [0.25, 0.3) is 12.3 Å². The lowest BCUT2D eigenvalue weighted by atomic mass is 9.91. The Kier molecular flexibility index (Phi) is 6.18. The van der Waals surface area contributed by atoms with Gasteiger partial charge in [-0.25, -0.2) is 17.6 Å². The van der Waals surface area contributed by atoms with E-state index in [-0.39, 0.29) is 35.9 Å². The molecule has 2 unspecified atom stereocenters. The number of carboxylic acid groups (broad SMARTS) is 1. The van der Waals surface area contributed by atoms with Gasteiger partial charge in [-0.05, 0) is 43.7 Å². The predicted molar refractivity (Wildman–Crippen MR) is 103 cm³/mol. The summed E-state index contributed by atoms with van der Waals surface area (Å²) in [5.41, 5.74) is -0.398. The van der Waals surface area contributed by atoms with Crippen molar-refractivity contribution < 1.29 is 36.8 Å². The molecule has 2 N–H and O–H groups in total. The Morgan fingerprint density at radius 3 is 2.56 bits per heavy atom. The van der Waals surface area contributed by atoms with E-state index in [1.165, 1.54) is 4.90 Å². The maximum Gasteiger partial charge on any atom is 0.309 e. The van der Waals surface area contributed by atoms with Crippen LogP contribution in [0.25, 0.3) is 11.3 Å². The number of halogens is 4. The normalized spacial score (nSPS) is 22.7. The first-order valence-corrected chi connectivity index (χ1v) is 10.3. The fourth-order valence-corrected chi connectivity index (χ4v) is 4.26. The molecule has 1 saturated carbocycles. The average Bonchev–Trinajstić information content (AvgIpc) is 3.43. The van der Waals surface area contributed by atoms with Crippen LogP contribution in [0.3, 0.4) is 0 Å². The second kappa shape index (κ2) is 8.89. The minimum atomic E-state index is -2.69. The van der Waals surface area contributed by atoms with Crippen LogP contribution in [0.15, 0.2) is 28.8 Å². The Morgan fingerprint density at radius 2 is 1.94 bits per heavy atom. The molecule has 1 aromatic carbocycles. The van der Waals surface area contributed by atoms with Crippen molar-refractivity contribution in [3.63, 3.8) is 0 Å². The van der Waals surface area contributed by atoms with Crippen molar-refractivity contribution in [3.05, 3.63) is 41.6 Å². The highest BCUT2D eigenvalue weighted by Crippen LogP contribution is 2.41. The van der Waals surface area contributed by atoms with Crippen molar-refractivity contribution in [3.8, 4) is 11.3 Å². The summed E-state index contributed by atoms with van der Waals surface area (Å²) >= 11 is 0. The number of hydrogen-bond donors (Lipinski definition) is 2. The smallest absolute Gasteiger partial charge is 0.309 e. The Morgan fingerprint density at radius 1 is 1.19 bits per heavy atom. The van der Waals surface area contributed by atoms with Crippen LogP contribution in [-0.2, 0) is 4.79 Å². The van der Waals surface area contributed by atoms with Gasteiger partial charge in [0.05, 0.1) is 23.7 Å². The van der Waals surface area contributed by atoms with Crippen molar-refractivity contribution in [1.29, 1.82) is 0 Å². The Bertz CT molecular complexity index is 1010. The summed E-state index contributed by atoms with van der Waals surface area (Å²) in [4.78, 5) is 26.0. The van der Waals surface area contributed by atoms with Crippen LogP contribution >= 0.6 is 0 Å². The lowest BCUT2D eigenvalue weighted by molar-refractivity contribution is -0.149. The van der Waals surface area contributed by atoms with Crippen LogP contribution in [0.4, 0.5) is 17.6 Å². The fraction of sp³-hybridized carbons (Fsp3) is 0.476. The van der Waals surface area contributed by atoms with Gasteiger partial charge >= 0.3 is 5.97 Å². The standard InChI is InChI=1S/C21H21F4N3O4/c22-11-5-6-12(14(23)8-11)16-9-15(27-32-16)20(29)26-19-13(21(30)31)2-1-7-28(19)17(18(24)25)10-3-4-10/h5-6,8-10,13,17-19H,1-4,7H2,(H,26,29)(H,30,31)/t13-,17?,19?/m0/s1. The second-order valence-electron chi connectivity index (χ2n) is 8.11. The third kappa shape index (κ3) is 4.47. The molecule has 1 aliphatic heterocycles. The summed E-state index contributed by atoms with van der Waals surface area (Å²) < 4.78 is 59.7. The van der Waals surface area contributed by atoms with Gasteiger partial charge in [0.1, 0.15) is 11.6 Å². The highest BCUT2D eigenvalue weighted by atomic mass is 19.3. The molecule has 3 atom stereocenters. The topological polar surface area (TPSA) is 95.7 Å². The zero-order valence-electron chi connectivity index (χ0n) is 16.8. The fourth-order valence-electron chi connectivity index (χ4n) is 4.26. The van der Waals surface area contributed by atoms with E-state index in [0.717, 1.165) is 18.2 Å². The summed E-state index contributed by atoms with van der Waals surface area (Å²) in [6.45, 7) is 0.227. The minimum Gasteiger partial charge on any atom is -0.481 e. The first-order valence-electron chi connectivity index (χ1n) is 10.3. The molecule has 11 heteroatoms. The van der Waals surface area contributed by atoms with E-state index in [2.05, 4.69) is 10.5 Å². The second-order valence-corrected chi connectivity index (χ2v) is 8.11. The molecule has 0 spiro atoms. The van der Waals surface area contributed by atoms with E-state index < -0.39 is 48.1 Å². The summed E-state index contributed by atoms with van der Waals surface area (Å²) in [6, 6.07) is 2.76. The predicted octanol–water partition coefficient (Wildman–Crippen LogP) is 3.52. The van der Waals surface area contributed by atoms with E-state index in [1.54, 1.807) is 0 Å². The Labute approximate surface area is 180 Å². The molecule has 7 nitrogen and oxygen atoms in total. The molecular weight excluding hydrogens is 434 g/mol. The van der Waals surface area contributed by atoms with Crippen LogP contribution < -0.4 is 5.32 Å². The number of likely N-dealkylation sites (tertiary alicyclic amines) is 1. The van der Waals surface area contributed by atoms with Gasteiger partial charge in [-0.3, -0.25) is 14.5 Å². The van der Waals surface area contributed by atoms with Crippen molar-refractivity contribution in [1.82, 2.24) is 15.4 Å². The molecule has 4 rings (SSSR count). The molecule has 2 heterocycles. The number of rotatable bonds is 7. The number of benzene rings is 1. The number of carbonyl (C=O) groups is 2. The first kappa shape index (κ1) is 22.3. The van der Waals surface area contributed by atoms with Gasteiger partial charge in [0.15, 0.2) is 11.5 Å². The van der Waals surface area contributed by atoms with E-state index in [9.17, 15) is 32.3 Å². The number of aliphatic carboxylic acids is 1. The number of piperidine rings is 1. The number of hydrogen-bond acceptors (Lipinski definition) is 5. The average molecular weight is 455 g/mol. The van der Waals surface area contributed by atoms with Gasteiger partial charge in [-0.15, -0.1) is 0 Å². The number of nitrogens with one attached hydrogen (secondary N) is 1. The van der Waals surface area contributed by atoms with Gasteiger partial charge < -0.3 is 14.9 Å². The van der Waals surface area contributed by atoms with Crippen LogP contribution in [-0.4, -0.2) is 52.2 Å².